The van der Waals surface area contributed by atoms with Crippen molar-refractivity contribution in [1.82, 2.24) is 15.4 Å². The van der Waals surface area contributed by atoms with E-state index in [2.05, 4.69) is 20.5 Å². The smallest absolute Gasteiger partial charge is 0.250 e. The van der Waals surface area contributed by atoms with E-state index in [1.54, 1.807) is 24.4 Å². The molecule has 1 aromatic heterocycles. The molecule has 0 radical (unpaired) electrons. The molecule has 7 heteroatoms. The van der Waals surface area contributed by atoms with Crippen LogP contribution in [0.2, 0.25) is 0 Å². The van der Waals surface area contributed by atoms with Crippen molar-refractivity contribution in [2.24, 2.45) is 5.10 Å². The highest BCUT2D eigenvalue weighted by molar-refractivity contribution is 8.00. The second kappa shape index (κ2) is 7.65. The van der Waals surface area contributed by atoms with E-state index in [-0.39, 0.29) is 17.5 Å². The first kappa shape index (κ1) is 16.1. The molecule has 24 heavy (non-hydrogen) atoms. The number of hydrogen-bond acceptors (Lipinski definition) is 5. The molecule has 3 rings (SSSR count). The van der Waals surface area contributed by atoms with Gasteiger partial charge in [0.2, 0.25) is 5.91 Å². The molecule has 1 N–H and O–H groups in total. The molecule has 1 heterocycles. The fourth-order valence-electron chi connectivity index (χ4n) is 1.94. The third-order valence-corrected chi connectivity index (χ3v) is 4.10. The molecule has 0 fully saturated rings. The number of carbonyl (C=O) groups is 1. The second-order valence-corrected chi connectivity index (χ2v) is 5.81. The van der Waals surface area contributed by atoms with Gasteiger partial charge in [-0.1, -0.05) is 24.3 Å². The second-order valence-electron chi connectivity index (χ2n) is 4.80. The van der Waals surface area contributed by atoms with Crippen LogP contribution in [0.25, 0.3) is 11.0 Å². The standard InChI is InChI=1S/C17H13FN4OS/c18-13-5-1-4-8-16(13)24-11-17(23)22-20-10-12-9-19-14-6-2-3-7-15(14)21-12/h1-10H,11H2,(H,22,23)/b20-10-. The van der Waals surface area contributed by atoms with Crippen molar-refractivity contribution < 1.29 is 9.18 Å². The zero-order valence-corrected chi connectivity index (χ0v) is 13.3. The monoisotopic (exact) mass is 340 g/mol. The topological polar surface area (TPSA) is 67.2 Å². The fourth-order valence-corrected chi connectivity index (χ4v) is 2.67. The maximum atomic E-state index is 13.4. The Balaban J connectivity index is 1.55. The molecule has 120 valence electrons. The zero-order valence-electron chi connectivity index (χ0n) is 12.5. The van der Waals surface area contributed by atoms with E-state index in [1.165, 1.54) is 12.3 Å². The molecule has 5 nitrogen and oxygen atoms in total. The molecule has 0 aliphatic rings. The molecule has 2 aromatic carbocycles. The number of thioether (sulfide) groups is 1. The van der Waals surface area contributed by atoms with Crippen LogP contribution in [0.1, 0.15) is 5.69 Å². The van der Waals surface area contributed by atoms with Crippen LogP contribution in [0, 0.1) is 5.82 Å². The van der Waals surface area contributed by atoms with Gasteiger partial charge in [-0.15, -0.1) is 11.8 Å². The van der Waals surface area contributed by atoms with Crippen LogP contribution in [0.5, 0.6) is 0 Å². The number of rotatable bonds is 5. The normalized spacial score (nSPS) is 11.0. The van der Waals surface area contributed by atoms with Crippen LogP contribution in [-0.4, -0.2) is 27.8 Å². The molecule has 3 aromatic rings. The molecular formula is C17H13FN4OS. The van der Waals surface area contributed by atoms with Gasteiger partial charge in [0.25, 0.3) is 0 Å². The maximum Gasteiger partial charge on any atom is 0.250 e. The van der Waals surface area contributed by atoms with Crippen molar-refractivity contribution in [2.75, 3.05) is 5.75 Å². The lowest BCUT2D eigenvalue weighted by molar-refractivity contribution is -0.118. The van der Waals surface area contributed by atoms with Gasteiger partial charge in [-0.2, -0.15) is 5.10 Å². The SMILES string of the molecule is O=C(CSc1ccccc1F)N/N=C\c1cnc2ccccc2n1. The number of carbonyl (C=O) groups excluding carboxylic acids is 1. The van der Waals surface area contributed by atoms with Crippen molar-refractivity contribution in [2.45, 2.75) is 4.90 Å². The summed E-state index contributed by atoms with van der Waals surface area (Å²) in [6, 6.07) is 13.8. The lowest BCUT2D eigenvalue weighted by atomic mass is 10.3. The molecule has 0 bridgehead atoms. The lowest BCUT2D eigenvalue weighted by Gasteiger charge is -2.02. The summed E-state index contributed by atoms with van der Waals surface area (Å²) in [5.41, 5.74) is 4.47. The first-order valence-corrected chi connectivity index (χ1v) is 8.12. The number of nitrogens with one attached hydrogen (secondary N) is 1. The average molecular weight is 340 g/mol. The van der Waals surface area contributed by atoms with Crippen molar-refractivity contribution in [3.8, 4) is 0 Å². The minimum atomic E-state index is -0.342. The van der Waals surface area contributed by atoms with Gasteiger partial charge in [0.1, 0.15) is 11.5 Å². The number of benzene rings is 2. The Hall–Kier alpha value is -2.80. The summed E-state index contributed by atoms with van der Waals surface area (Å²) in [4.78, 5) is 20.8. The van der Waals surface area contributed by atoms with Gasteiger partial charge in [-0.25, -0.2) is 14.8 Å². The van der Waals surface area contributed by atoms with Gasteiger partial charge >= 0.3 is 0 Å². The number of amides is 1. The van der Waals surface area contributed by atoms with Crippen LogP contribution in [0.4, 0.5) is 4.39 Å². The van der Waals surface area contributed by atoms with E-state index in [0.717, 1.165) is 22.8 Å². The lowest BCUT2D eigenvalue weighted by Crippen LogP contribution is -2.19. The Morgan fingerprint density at radius 3 is 2.75 bits per heavy atom. The van der Waals surface area contributed by atoms with Crippen molar-refractivity contribution in [1.29, 1.82) is 0 Å². The first-order chi connectivity index (χ1) is 11.7. The summed E-state index contributed by atoms with van der Waals surface area (Å²) in [6.07, 6.45) is 3.00. The van der Waals surface area contributed by atoms with E-state index < -0.39 is 0 Å². The summed E-state index contributed by atoms with van der Waals surface area (Å²) in [5.74, 6) is -0.597. The van der Waals surface area contributed by atoms with Crippen LogP contribution in [0.3, 0.4) is 0 Å². The number of para-hydroxylation sites is 2. The summed E-state index contributed by atoms with van der Waals surface area (Å²) in [5, 5.41) is 3.85. The van der Waals surface area contributed by atoms with E-state index in [1.807, 2.05) is 24.3 Å². The Kier molecular flexibility index (Phi) is 5.12. The largest absolute Gasteiger partial charge is 0.272 e. The number of hydrogen-bond donors (Lipinski definition) is 1. The average Bonchev–Trinajstić information content (AvgIpc) is 2.61. The van der Waals surface area contributed by atoms with E-state index >= 15 is 0 Å². The highest BCUT2D eigenvalue weighted by atomic mass is 32.2. The number of aromatic nitrogens is 2. The Morgan fingerprint density at radius 1 is 1.17 bits per heavy atom. The van der Waals surface area contributed by atoms with E-state index in [4.69, 9.17) is 0 Å². The Morgan fingerprint density at radius 2 is 1.92 bits per heavy atom. The third kappa shape index (κ3) is 4.14. The maximum absolute atomic E-state index is 13.4. The predicted molar refractivity (Wildman–Crippen MR) is 92.4 cm³/mol. The Labute approximate surface area is 142 Å². The molecule has 0 unspecified atom stereocenters. The van der Waals surface area contributed by atoms with Gasteiger partial charge in [0.05, 0.1) is 29.2 Å². The predicted octanol–water partition coefficient (Wildman–Crippen LogP) is 3.01. The van der Waals surface area contributed by atoms with Gasteiger partial charge < -0.3 is 0 Å². The number of hydrazone groups is 1. The molecular weight excluding hydrogens is 327 g/mol. The summed E-state index contributed by atoms with van der Waals surface area (Å²) >= 11 is 1.11. The first-order valence-electron chi connectivity index (χ1n) is 7.13. The van der Waals surface area contributed by atoms with Gasteiger partial charge in [-0.05, 0) is 24.3 Å². The van der Waals surface area contributed by atoms with Crippen LogP contribution in [0.15, 0.2) is 64.7 Å². The fraction of sp³-hybridized carbons (Fsp3) is 0.0588. The molecule has 0 spiro atoms. The number of nitrogens with zero attached hydrogens (tertiary/aromatic N) is 3. The zero-order chi connectivity index (χ0) is 16.8. The minimum Gasteiger partial charge on any atom is -0.272 e. The highest BCUT2D eigenvalue weighted by Crippen LogP contribution is 2.20. The molecule has 1 amide bonds. The van der Waals surface area contributed by atoms with Crippen LogP contribution in [-0.2, 0) is 4.79 Å². The van der Waals surface area contributed by atoms with Gasteiger partial charge in [0.15, 0.2) is 0 Å². The van der Waals surface area contributed by atoms with Crippen molar-refractivity contribution in [3.63, 3.8) is 0 Å². The summed E-state index contributed by atoms with van der Waals surface area (Å²) in [6.45, 7) is 0. The van der Waals surface area contributed by atoms with Crippen molar-refractivity contribution >= 4 is 34.9 Å². The van der Waals surface area contributed by atoms with Crippen LogP contribution >= 0.6 is 11.8 Å². The number of fused-ring (bicyclic) bond motifs is 1. The van der Waals surface area contributed by atoms with E-state index in [9.17, 15) is 9.18 Å². The highest BCUT2D eigenvalue weighted by Gasteiger charge is 2.05. The summed E-state index contributed by atoms with van der Waals surface area (Å²) in [7, 11) is 0. The van der Waals surface area contributed by atoms with Gasteiger partial charge in [0, 0.05) is 4.90 Å². The third-order valence-electron chi connectivity index (χ3n) is 3.05. The van der Waals surface area contributed by atoms with Gasteiger partial charge in [-0.3, -0.25) is 9.78 Å². The quantitative estimate of drug-likeness (QED) is 0.440. The number of halogens is 1. The molecule has 0 aliphatic heterocycles. The molecule has 0 atom stereocenters. The molecule has 0 saturated heterocycles. The molecule has 0 saturated carbocycles. The van der Waals surface area contributed by atoms with Crippen LogP contribution < -0.4 is 5.43 Å². The van der Waals surface area contributed by atoms with Crippen molar-refractivity contribution in [3.05, 3.63) is 66.2 Å². The molecule has 0 aliphatic carbocycles. The minimum absolute atomic E-state index is 0.0711. The van der Waals surface area contributed by atoms with E-state index in [0.29, 0.717) is 10.6 Å². The Bertz CT molecular complexity index is 900. The summed E-state index contributed by atoms with van der Waals surface area (Å²) < 4.78 is 13.4.